The fraction of sp³-hybridized carbons (Fsp3) is 0.682. The molecule has 1 spiro atoms. The van der Waals surface area contributed by atoms with Crippen molar-refractivity contribution in [1.29, 1.82) is 0 Å². The van der Waals surface area contributed by atoms with E-state index in [9.17, 15) is 14.4 Å². The van der Waals surface area contributed by atoms with Gasteiger partial charge in [-0.05, 0) is 55.9 Å². The van der Waals surface area contributed by atoms with Crippen LogP contribution in [-0.2, 0) is 19.1 Å². The number of ketones is 2. The second kappa shape index (κ2) is 5.03. The van der Waals surface area contributed by atoms with Gasteiger partial charge in [-0.2, -0.15) is 0 Å². The first-order valence-corrected chi connectivity index (χ1v) is 10.9. The lowest BCUT2D eigenvalue weighted by Gasteiger charge is -2.46. The van der Waals surface area contributed by atoms with Crippen LogP contribution in [0.4, 0.5) is 0 Å². The molecule has 0 saturated heterocycles. The van der Waals surface area contributed by atoms with Crippen LogP contribution in [0.3, 0.4) is 0 Å². The predicted octanol–water partition coefficient (Wildman–Crippen LogP) is 3.64. The van der Waals surface area contributed by atoms with Crippen molar-refractivity contribution in [2.24, 2.45) is 39.4 Å². The summed E-state index contributed by atoms with van der Waals surface area (Å²) in [4.78, 5) is 39.3. The minimum absolute atomic E-state index is 0.0469. The van der Waals surface area contributed by atoms with Crippen molar-refractivity contribution in [3.05, 3.63) is 24.3 Å². The fourth-order valence-electron chi connectivity index (χ4n) is 8.13. The zero-order chi connectivity index (χ0) is 19.4. The topological polar surface area (TPSA) is 60.4 Å². The molecule has 5 rings (SSSR count). The predicted molar refractivity (Wildman–Crippen MR) is 103 cm³/mol. The van der Waals surface area contributed by atoms with Crippen LogP contribution in [0.2, 0.25) is 0 Å². The number of hydrogen-bond donors (Lipinski definition) is 0. The summed E-state index contributed by atoms with van der Waals surface area (Å²) in [6, 6.07) is 0. The van der Waals surface area contributed by atoms with Gasteiger partial charge in [-0.1, -0.05) is 34.2 Å². The molecule has 4 bridgehead atoms. The van der Waals surface area contributed by atoms with Crippen LogP contribution >= 0.6 is 15.9 Å². The second-order valence-electron chi connectivity index (χ2n) is 9.79. The second-order valence-corrected chi connectivity index (χ2v) is 10.3. The maximum Gasteiger partial charge on any atom is 0.309 e. The van der Waals surface area contributed by atoms with E-state index in [-0.39, 0.29) is 40.2 Å². The van der Waals surface area contributed by atoms with Crippen LogP contribution in [0.1, 0.15) is 39.0 Å². The molecular formula is C22H25BrO4. The Morgan fingerprint density at radius 3 is 2.78 bits per heavy atom. The monoisotopic (exact) mass is 432 g/mol. The smallest absolute Gasteiger partial charge is 0.309 e. The molecule has 0 radical (unpaired) electrons. The lowest BCUT2D eigenvalue weighted by atomic mass is 9.58. The SMILES string of the molecule is C=C1C[C@]23C=CC(=O)[C@@]1(C)[C@@H]2[C@H](C(=O)OC)[C@]12CC(=O)[C@](CBr)(CC[C@H]31)C2. The largest absolute Gasteiger partial charge is 0.469 e. The third kappa shape index (κ3) is 1.67. The summed E-state index contributed by atoms with van der Waals surface area (Å²) in [5.74, 6) is -0.274. The van der Waals surface area contributed by atoms with E-state index < -0.39 is 16.7 Å². The first kappa shape index (κ1) is 17.8. The maximum atomic E-state index is 13.2. The molecule has 4 fully saturated rings. The fourth-order valence-corrected chi connectivity index (χ4v) is 8.92. The molecule has 0 aromatic heterocycles. The average Bonchev–Trinajstić information content (AvgIpc) is 3.09. The summed E-state index contributed by atoms with van der Waals surface area (Å²) < 4.78 is 5.29. The number of ether oxygens (including phenoxy) is 1. The number of methoxy groups -OCH3 is 1. The van der Waals surface area contributed by atoms with Gasteiger partial charge in [0.25, 0.3) is 0 Å². The van der Waals surface area contributed by atoms with E-state index in [1.807, 2.05) is 6.92 Å². The van der Waals surface area contributed by atoms with Gasteiger partial charge in [0.05, 0.1) is 18.4 Å². The molecule has 0 aromatic carbocycles. The highest BCUT2D eigenvalue weighted by Gasteiger charge is 2.81. The van der Waals surface area contributed by atoms with Crippen LogP contribution in [0, 0.1) is 39.4 Å². The molecule has 0 aliphatic heterocycles. The summed E-state index contributed by atoms with van der Waals surface area (Å²) in [5.41, 5.74) is -0.799. The molecule has 0 heterocycles. The number of fused-ring (bicyclic) bond motifs is 1. The number of esters is 1. The third-order valence-corrected chi connectivity index (χ3v) is 10.3. The highest BCUT2D eigenvalue weighted by Crippen LogP contribution is 2.81. The van der Waals surface area contributed by atoms with E-state index >= 15 is 0 Å². The maximum absolute atomic E-state index is 13.2. The molecule has 5 heteroatoms. The van der Waals surface area contributed by atoms with Gasteiger partial charge in [-0.15, -0.1) is 0 Å². The zero-order valence-corrected chi connectivity index (χ0v) is 17.4. The van der Waals surface area contributed by atoms with Gasteiger partial charge >= 0.3 is 5.97 Å². The molecule has 4 saturated carbocycles. The summed E-state index contributed by atoms with van der Waals surface area (Å²) in [5, 5.41) is 0.650. The quantitative estimate of drug-likeness (QED) is 0.379. The van der Waals surface area contributed by atoms with Gasteiger partial charge in [0.2, 0.25) is 0 Å². The van der Waals surface area contributed by atoms with Crippen molar-refractivity contribution < 1.29 is 19.1 Å². The van der Waals surface area contributed by atoms with Crippen LogP contribution in [0.25, 0.3) is 0 Å². The number of halogens is 1. The Bertz CT molecular complexity index is 845. The Balaban J connectivity index is 1.77. The van der Waals surface area contributed by atoms with E-state index in [4.69, 9.17) is 4.74 Å². The molecule has 0 amide bonds. The minimum atomic E-state index is -0.734. The van der Waals surface area contributed by atoms with Gasteiger partial charge < -0.3 is 4.74 Å². The van der Waals surface area contributed by atoms with Gasteiger partial charge in [0.1, 0.15) is 5.78 Å². The number of carbonyl (C=O) groups is 3. The van der Waals surface area contributed by atoms with Crippen molar-refractivity contribution in [1.82, 2.24) is 0 Å². The van der Waals surface area contributed by atoms with Crippen LogP contribution in [0.5, 0.6) is 0 Å². The molecule has 144 valence electrons. The molecular weight excluding hydrogens is 408 g/mol. The summed E-state index contributed by atoms with van der Waals surface area (Å²) >= 11 is 3.59. The molecule has 0 aromatic rings. The average molecular weight is 433 g/mol. The first-order chi connectivity index (χ1) is 12.7. The van der Waals surface area contributed by atoms with E-state index in [1.165, 1.54) is 7.11 Å². The highest BCUT2D eigenvalue weighted by atomic mass is 79.9. The van der Waals surface area contributed by atoms with E-state index in [0.717, 1.165) is 31.3 Å². The van der Waals surface area contributed by atoms with Gasteiger partial charge in [0.15, 0.2) is 5.78 Å². The molecule has 27 heavy (non-hydrogen) atoms. The van der Waals surface area contributed by atoms with E-state index in [1.54, 1.807) is 6.08 Å². The van der Waals surface area contributed by atoms with Crippen molar-refractivity contribution >= 4 is 33.5 Å². The zero-order valence-electron chi connectivity index (χ0n) is 15.8. The number of carbonyl (C=O) groups excluding carboxylic acids is 3. The molecule has 0 N–H and O–H groups in total. The molecule has 4 nitrogen and oxygen atoms in total. The Kier molecular flexibility index (Phi) is 3.32. The van der Waals surface area contributed by atoms with Crippen LogP contribution in [-0.4, -0.2) is 30.0 Å². The molecule has 5 aliphatic rings. The van der Waals surface area contributed by atoms with Gasteiger partial charge in [-0.3, -0.25) is 14.4 Å². The van der Waals surface area contributed by atoms with Crippen molar-refractivity contribution in [3.63, 3.8) is 0 Å². The Morgan fingerprint density at radius 1 is 1.37 bits per heavy atom. The first-order valence-electron chi connectivity index (χ1n) is 9.81. The molecule has 5 aliphatic carbocycles. The van der Waals surface area contributed by atoms with Gasteiger partial charge in [-0.25, -0.2) is 0 Å². The van der Waals surface area contributed by atoms with Crippen LogP contribution < -0.4 is 0 Å². The lowest BCUT2D eigenvalue weighted by Crippen LogP contribution is -2.46. The minimum Gasteiger partial charge on any atom is -0.469 e. The number of hydrogen-bond acceptors (Lipinski definition) is 4. The van der Waals surface area contributed by atoms with Crippen molar-refractivity contribution in [2.45, 2.75) is 39.0 Å². The normalized spacial score (nSPS) is 52.1. The highest BCUT2D eigenvalue weighted by molar-refractivity contribution is 9.09. The third-order valence-electron chi connectivity index (χ3n) is 9.18. The molecule has 0 unspecified atom stereocenters. The van der Waals surface area contributed by atoms with Crippen molar-refractivity contribution in [3.8, 4) is 0 Å². The Labute approximate surface area is 167 Å². The Morgan fingerprint density at radius 2 is 2.11 bits per heavy atom. The number of rotatable bonds is 2. The number of alkyl halides is 1. The number of allylic oxidation sites excluding steroid dienone is 3. The van der Waals surface area contributed by atoms with E-state index in [2.05, 4.69) is 28.6 Å². The van der Waals surface area contributed by atoms with Crippen LogP contribution in [0.15, 0.2) is 24.3 Å². The van der Waals surface area contributed by atoms with Gasteiger partial charge in [0, 0.05) is 22.6 Å². The summed E-state index contributed by atoms with van der Waals surface area (Å²) in [6.45, 7) is 6.23. The Hall–Kier alpha value is -1.23. The number of Topliss-reactive ketones (excluding diaryl/α,β-unsaturated/α-hetero) is 1. The summed E-state index contributed by atoms with van der Waals surface area (Å²) in [6.07, 6.45) is 7.50. The summed E-state index contributed by atoms with van der Waals surface area (Å²) in [7, 11) is 1.43. The lowest BCUT2D eigenvalue weighted by molar-refractivity contribution is -0.155. The van der Waals surface area contributed by atoms with Crippen molar-refractivity contribution in [2.75, 3.05) is 12.4 Å². The molecule has 7 atom stereocenters. The standard InChI is InChI=1S/C22H25BrO4/c1-12-8-21-7-5-14(24)19(12,2)17(21)16(18(26)27-3)22-9-15(25)20(10-22,11-23)6-4-13(21)22/h5,7,13,16-17H,1,4,6,8-11H2,2-3H3/t13-,16-,17+,19+,20-,21+,22+/m1/s1. The van der Waals surface area contributed by atoms with E-state index in [0.29, 0.717) is 11.8 Å².